The van der Waals surface area contributed by atoms with Gasteiger partial charge in [0.05, 0.1) is 4.47 Å². The lowest BCUT2D eigenvalue weighted by molar-refractivity contribution is 0.555. The van der Waals surface area contributed by atoms with Gasteiger partial charge in [-0.25, -0.2) is 8.78 Å². The Morgan fingerprint density at radius 1 is 1.21 bits per heavy atom. The molecule has 2 aromatic carbocycles. The van der Waals surface area contributed by atoms with Crippen molar-refractivity contribution >= 4 is 21.6 Å². The average molecular weight is 322 g/mol. The number of halogens is 3. The van der Waals surface area contributed by atoms with Crippen molar-refractivity contribution in [2.75, 3.05) is 5.32 Å². The Morgan fingerprint density at radius 2 is 2.00 bits per heavy atom. The highest BCUT2D eigenvalue weighted by Gasteiger charge is 2.11. The molecule has 1 N–H and O–H groups in total. The molecule has 2 aromatic rings. The van der Waals surface area contributed by atoms with Crippen molar-refractivity contribution in [3.8, 4) is 12.3 Å². The van der Waals surface area contributed by atoms with Crippen LogP contribution in [0.3, 0.4) is 0 Å². The molecular weight excluding hydrogens is 312 g/mol. The quantitative estimate of drug-likeness (QED) is 0.655. The number of hydrogen-bond acceptors (Lipinski definition) is 1. The maximum Gasteiger partial charge on any atom is 0.145 e. The molecule has 0 saturated heterocycles. The van der Waals surface area contributed by atoms with Crippen LogP contribution in [-0.2, 0) is 6.54 Å². The lowest BCUT2D eigenvalue weighted by Gasteiger charge is -2.09. The van der Waals surface area contributed by atoms with Crippen molar-refractivity contribution in [3.63, 3.8) is 0 Å². The van der Waals surface area contributed by atoms with Gasteiger partial charge >= 0.3 is 0 Å². The monoisotopic (exact) mass is 321 g/mol. The van der Waals surface area contributed by atoms with E-state index in [9.17, 15) is 8.78 Å². The Kier molecular flexibility index (Phi) is 4.18. The summed E-state index contributed by atoms with van der Waals surface area (Å²) in [6.07, 6.45) is 5.29. The Balaban J connectivity index is 2.19. The van der Waals surface area contributed by atoms with Gasteiger partial charge in [-0.05, 0) is 46.3 Å². The van der Waals surface area contributed by atoms with E-state index in [0.29, 0.717) is 11.3 Å². The Morgan fingerprint density at radius 3 is 2.74 bits per heavy atom. The van der Waals surface area contributed by atoms with Crippen molar-refractivity contribution in [2.45, 2.75) is 6.54 Å². The van der Waals surface area contributed by atoms with E-state index in [2.05, 4.69) is 27.2 Å². The Bertz CT molecular complexity index is 647. The first-order valence-corrected chi connectivity index (χ1v) is 6.34. The molecule has 19 heavy (non-hydrogen) atoms. The normalized spacial score (nSPS) is 10.0. The molecule has 2 rings (SSSR count). The molecule has 0 spiro atoms. The second kappa shape index (κ2) is 5.85. The fraction of sp³-hybridized carbons (Fsp3) is 0.0667. The highest BCUT2D eigenvalue weighted by atomic mass is 79.9. The van der Waals surface area contributed by atoms with Crippen molar-refractivity contribution < 1.29 is 8.78 Å². The lowest BCUT2D eigenvalue weighted by Crippen LogP contribution is -2.05. The smallest absolute Gasteiger partial charge is 0.145 e. The van der Waals surface area contributed by atoms with Gasteiger partial charge in [0, 0.05) is 23.4 Å². The third kappa shape index (κ3) is 3.12. The summed E-state index contributed by atoms with van der Waals surface area (Å²) in [5.74, 6) is 1.32. The van der Waals surface area contributed by atoms with Crippen LogP contribution in [0.5, 0.6) is 0 Å². The zero-order valence-electron chi connectivity index (χ0n) is 9.88. The van der Waals surface area contributed by atoms with Crippen molar-refractivity contribution in [1.29, 1.82) is 0 Å². The zero-order chi connectivity index (χ0) is 13.8. The van der Waals surface area contributed by atoms with E-state index < -0.39 is 11.6 Å². The standard InChI is InChI=1S/C15H10BrF2N/c1-2-10-4-3-5-11(8-10)19-9-12-14(17)7-6-13(16)15(12)18/h1,3-8,19H,9H2. The zero-order valence-corrected chi connectivity index (χ0v) is 11.5. The molecule has 0 atom stereocenters. The van der Waals surface area contributed by atoms with Gasteiger partial charge in [-0.15, -0.1) is 6.42 Å². The van der Waals surface area contributed by atoms with Crippen molar-refractivity contribution in [3.05, 3.63) is 63.6 Å². The lowest BCUT2D eigenvalue weighted by atomic mass is 10.1. The number of rotatable bonds is 3. The molecule has 0 unspecified atom stereocenters. The number of hydrogen-bond donors (Lipinski definition) is 1. The fourth-order valence-corrected chi connectivity index (χ4v) is 2.01. The van der Waals surface area contributed by atoms with Crippen LogP contribution in [0.15, 0.2) is 40.9 Å². The SMILES string of the molecule is C#Cc1cccc(NCc2c(F)ccc(Br)c2F)c1. The molecule has 0 radical (unpaired) electrons. The summed E-state index contributed by atoms with van der Waals surface area (Å²) < 4.78 is 27.5. The summed E-state index contributed by atoms with van der Waals surface area (Å²) >= 11 is 3.03. The van der Waals surface area contributed by atoms with E-state index in [4.69, 9.17) is 6.42 Å². The molecule has 0 aromatic heterocycles. The molecule has 0 fully saturated rings. The van der Waals surface area contributed by atoms with E-state index in [0.717, 1.165) is 0 Å². The van der Waals surface area contributed by atoms with Gasteiger partial charge in [0.1, 0.15) is 11.6 Å². The number of benzene rings is 2. The second-order valence-corrected chi connectivity index (χ2v) is 4.75. The summed E-state index contributed by atoms with van der Waals surface area (Å²) in [5, 5.41) is 2.95. The minimum Gasteiger partial charge on any atom is -0.381 e. The van der Waals surface area contributed by atoms with Gasteiger partial charge in [0.25, 0.3) is 0 Å². The van der Waals surface area contributed by atoms with Crippen LogP contribution < -0.4 is 5.32 Å². The minimum atomic E-state index is -0.597. The van der Waals surface area contributed by atoms with Crippen LogP contribution in [0.2, 0.25) is 0 Å². The summed E-state index contributed by atoms with van der Waals surface area (Å²) in [5.41, 5.74) is 1.41. The topological polar surface area (TPSA) is 12.0 Å². The van der Waals surface area contributed by atoms with Gasteiger partial charge < -0.3 is 5.32 Å². The molecule has 0 heterocycles. The number of terminal acetylenes is 1. The van der Waals surface area contributed by atoms with Gasteiger partial charge in [0.15, 0.2) is 0 Å². The first kappa shape index (κ1) is 13.6. The van der Waals surface area contributed by atoms with Crippen molar-refractivity contribution in [1.82, 2.24) is 0 Å². The van der Waals surface area contributed by atoms with E-state index in [1.165, 1.54) is 12.1 Å². The summed E-state index contributed by atoms with van der Waals surface area (Å²) in [6, 6.07) is 9.66. The predicted octanol–water partition coefficient (Wildman–Crippen LogP) is 4.32. The maximum atomic E-state index is 13.8. The number of anilines is 1. The highest BCUT2D eigenvalue weighted by Crippen LogP contribution is 2.22. The minimum absolute atomic E-state index is 0.0134. The summed E-state index contributed by atoms with van der Waals surface area (Å²) in [4.78, 5) is 0. The Labute approximate surface area is 118 Å². The summed E-state index contributed by atoms with van der Waals surface area (Å²) in [6.45, 7) is 0.0468. The van der Waals surface area contributed by atoms with Crippen LogP contribution in [0.25, 0.3) is 0 Å². The average Bonchev–Trinajstić information content (AvgIpc) is 2.43. The second-order valence-electron chi connectivity index (χ2n) is 3.90. The molecule has 0 aliphatic carbocycles. The number of nitrogens with one attached hydrogen (secondary N) is 1. The maximum absolute atomic E-state index is 13.8. The van der Waals surface area contributed by atoms with Crippen LogP contribution in [0, 0.1) is 24.0 Å². The van der Waals surface area contributed by atoms with Gasteiger partial charge in [-0.2, -0.15) is 0 Å². The van der Waals surface area contributed by atoms with E-state index in [1.54, 1.807) is 24.3 Å². The van der Waals surface area contributed by atoms with E-state index >= 15 is 0 Å². The van der Waals surface area contributed by atoms with Gasteiger partial charge in [-0.3, -0.25) is 0 Å². The highest BCUT2D eigenvalue weighted by molar-refractivity contribution is 9.10. The van der Waals surface area contributed by atoms with Gasteiger partial charge in [0.2, 0.25) is 0 Å². The van der Waals surface area contributed by atoms with Crippen LogP contribution in [0.4, 0.5) is 14.5 Å². The summed E-state index contributed by atoms with van der Waals surface area (Å²) in [7, 11) is 0. The molecule has 0 amide bonds. The molecule has 0 aliphatic rings. The molecule has 1 nitrogen and oxygen atoms in total. The van der Waals surface area contributed by atoms with E-state index in [-0.39, 0.29) is 16.6 Å². The molecular formula is C15H10BrF2N. The van der Waals surface area contributed by atoms with E-state index in [1.807, 2.05) is 0 Å². The largest absolute Gasteiger partial charge is 0.381 e. The fourth-order valence-electron chi connectivity index (χ4n) is 1.64. The van der Waals surface area contributed by atoms with Crippen LogP contribution >= 0.6 is 15.9 Å². The first-order chi connectivity index (χ1) is 9.11. The van der Waals surface area contributed by atoms with Gasteiger partial charge in [-0.1, -0.05) is 12.0 Å². The Hall–Kier alpha value is -1.86. The third-order valence-electron chi connectivity index (χ3n) is 2.64. The molecule has 96 valence electrons. The molecule has 0 aliphatic heterocycles. The van der Waals surface area contributed by atoms with Crippen molar-refractivity contribution in [2.24, 2.45) is 0 Å². The third-order valence-corrected chi connectivity index (χ3v) is 3.25. The predicted molar refractivity (Wildman–Crippen MR) is 75.8 cm³/mol. The molecule has 0 saturated carbocycles. The van der Waals surface area contributed by atoms with Crippen LogP contribution in [0.1, 0.15) is 11.1 Å². The molecule has 0 bridgehead atoms. The first-order valence-electron chi connectivity index (χ1n) is 5.54. The van der Waals surface area contributed by atoms with Crippen LogP contribution in [-0.4, -0.2) is 0 Å². The molecule has 4 heteroatoms.